The molecule has 1 saturated heterocycles. The van der Waals surface area contributed by atoms with E-state index >= 15 is 0 Å². The number of amides is 1. The lowest BCUT2D eigenvalue weighted by Gasteiger charge is -2.23. The minimum Gasteiger partial charge on any atom is -0.507 e. The van der Waals surface area contributed by atoms with Gasteiger partial charge in [-0.25, -0.2) is 0 Å². The van der Waals surface area contributed by atoms with Gasteiger partial charge in [0, 0.05) is 22.1 Å². The van der Waals surface area contributed by atoms with E-state index < -0.39 is 17.7 Å². The summed E-state index contributed by atoms with van der Waals surface area (Å²) in [7, 11) is 0. The van der Waals surface area contributed by atoms with E-state index in [-0.39, 0.29) is 22.6 Å². The van der Waals surface area contributed by atoms with Crippen molar-refractivity contribution in [3.63, 3.8) is 0 Å². The molecule has 0 bridgehead atoms. The van der Waals surface area contributed by atoms with E-state index in [0.29, 0.717) is 21.9 Å². The SMILES string of the molecule is CC(C)(C)c1cc(N2C(=O)C(=O)/C(=C(/O)c3ccccc3)C2c2ccc(Cl)cc2)no1. The number of carbonyl (C=O) groups is 2. The van der Waals surface area contributed by atoms with Gasteiger partial charge in [-0.2, -0.15) is 0 Å². The zero-order valence-electron chi connectivity index (χ0n) is 17.3. The first kappa shape index (κ1) is 20.9. The average molecular weight is 437 g/mol. The van der Waals surface area contributed by atoms with Gasteiger partial charge in [-0.3, -0.25) is 14.5 Å². The Morgan fingerprint density at radius 2 is 1.71 bits per heavy atom. The van der Waals surface area contributed by atoms with Crippen molar-refractivity contribution in [3.05, 3.63) is 88.1 Å². The molecule has 1 aliphatic rings. The predicted octanol–water partition coefficient (Wildman–Crippen LogP) is 5.25. The van der Waals surface area contributed by atoms with Crippen molar-refractivity contribution < 1.29 is 19.2 Å². The molecular formula is C24H21ClN2O4. The standard InChI is InChI=1S/C24H21ClN2O4/c1-24(2,3)17-13-18(26-31-17)27-20(14-9-11-16(25)12-10-14)19(22(29)23(27)30)21(28)15-7-5-4-6-8-15/h4-13,20,28H,1-3H3/b21-19+. The second kappa shape index (κ2) is 7.71. The number of nitrogens with zero attached hydrogens (tertiary/aromatic N) is 2. The fourth-order valence-electron chi connectivity index (χ4n) is 3.51. The second-order valence-electron chi connectivity index (χ2n) is 8.39. The number of aliphatic hydroxyl groups is 1. The average Bonchev–Trinajstić information content (AvgIpc) is 3.33. The van der Waals surface area contributed by atoms with Gasteiger partial charge < -0.3 is 9.63 Å². The summed E-state index contributed by atoms with van der Waals surface area (Å²) in [5.74, 6) is -1.05. The number of aliphatic hydroxyl groups excluding tert-OH is 1. The molecule has 1 unspecified atom stereocenters. The summed E-state index contributed by atoms with van der Waals surface area (Å²) in [5, 5.41) is 15.6. The smallest absolute Gasteiger partial charge is 0.301 e. The summed E-state index contributed by atoms with van der Waals surface area (Å²) in [4.78, 5) is 27.4. The summed E-state index contributed by atoms with van der Waals surface area (Å²) in [6.07, 6.45) is 0. The maximum atomic E-state index is 13.1. The van der Waals surface area contributed by atoms with Gasteiger partial charge in [-0.05, 0) is 17.7 Å². The Balaban J connectivity index is 1.92. The number of rotatable bonds is 3. The molecular weight excluding hydrogens is 416 g/mol. The highest BCUT2D eigenvalue weighted by atomic mass is 35.5. The quantitative estimate of drug-likeness (QED) is 0.344. The minimum atomic E-state index is -0.879. The maximum absolute atomic E-state index is 13.1. The van der Waals surface area contributed by atoms with Crippen LogP contribution in [-0.4, -0.2) is 22.0 Å². The van der Waals surface area contributed by atoms with Crippen LogP contribution in [0.5, 0.6) is 0 Å². The summed E-state index contributed by atoms with van der Waals surface area (Å²) < 4.78 is 5.45. The molecule has 158 valence electrons. The Morgan fingerprint density at radius 1 is 1.06 bits per heavy atom. The van der Waals surface area contributed by atoms with Gasteiger partial charge in [0.15, 0.2) is 5.82 Å². The number of anilines is 1. The van der Waals surface area contributed by atoms with Crippen molar-refractivity contribution >= 4 is 34.9 Å². The first-order chi connectivity index (χ1) is 14.7. The number of aromatic nitrogens is 1. The molecule has 31 heavy (non-hydrogen) atoms. The highest BCUT2D eigenvalue weighted by Crippen LogP contribution is 2.42. The lowest BCUT2D eigenvalue weighted by atomic mass is 9.93. The highest BCUT2D eigenvalue weighted by molar-refractivity contribution is 6.51. The van der Waals surface area contributed by atoms with Gasteiger partial charge in [-0.15, -0.1) is 0 Å². The van der Waals surface area contributed by atoms with Crippen LogP contribution >= 0.6 is 11.6 Å². The molecule has 1 aromatic heterocycles. The Morgan fingerprint density at radius 3 is 2.29 bits per heavy atom. The number of ketones is 1. The first-order valence-electron chi connectivity index (χ1n) is 9.77. The van der Waals surface area contributed by atoms with E-state index in [0.717, 1.165) is 0 Å². The van der Waals surface area contributed by atoms with Crippen LogP contribution in [0.15, 0.2) is 70.8 Å². The molecule has 1 aliphatic heterocycles. The third-order valence-electron chi connectivity index (χ3n) is 5.16. The van der Waals surface area contributed by atoms with Gasteiger partial charge in [-0.1, -0.05) is 80.0 Å². The van der Waals surface area contributed by atoms with Crippen LogP contribution in [-0.2, 0) is 15.0 Å². The van der Waals surface area contributed by atoms with E-state index in [4.69, 9.17) is 16.1 Å². The monoisotopic (exact) mass is 436 g/mol. The fourth-order valence-corrected chi connectivity index (χ4v) is 3.64. The van der Waals surface area contributed by atoms with Crippen LogP contribution in [0.3, 0.4) is 0 Å². The van der Waals surface area contributed by atoms with Crippen LogP contribution in [0.2, 0.25) is 5.02 Å². The van der Waals surface area contributed by atoms with Crippen molar-refractivity contribution in [2.45, 2.75) is 32.2 Å². The largest absolute Gasteiger partial charge is 0.507 e. The van der Waals surface area contributed by atoms with E-state index in [1.165, 1.54) is 4.90 Å². The molecule has 0 aliphatic carbocycles. The lowest BCUT2D eigenvalue weighted by molar-refractivity contribution is -0.132. The molecule has 7 heteroatoms. The molecule has 1 N–H and O–H groups in total. The van der Waals surface area contributed by atoms with Gasteiger partial charge in [0.1, 0.15) is 11.5 Å². The summed E-state index contributed by atoms with van der Waals surface area (Å²) in [5.41, 5.74) is 0.703. The molecule has 6 nitrogen and oxygen atoms in total. The minimum absolute atomic E-state index is 0.0150. The topological polar surface area (TPSA) is 83.6 Å². The van der Waals surface area contributed by atoms with Gasteiger partial charge in [0.05, 0.1) is 11.6 Å². The van der Waals surface area contributed by atoms with Crippen LogP contribution < -0.4 is 4.90 Å². The number of hydrogen-bond acceptors (Lipinski definition) is 5. The molecule has 0 saturated carbocycles. The third-order valence-corrected chi connectivity index (χ3v) is 5.41. The van der Waals surface area contributed by atoms with Crippen molar-refractivity contribution in [1.29, 1.82) is 0 Å². The van der Waals surface area contributed by atoms with E-state index in [2.05, 4.69) is 5.16 Å². The Hall–Kier alpha value is -3.38. The molecule has 1 amide bonds. The molecule has 2 heterocycles. The second-order valence-corrected chi connectivity index (χ2v) is 8.82. The molecule has 1 atom stereocenters. The number of benzene rings is 2. The van der Waals surface area contributed by atoms with Crippen molar-refractivity contribution in [1.82, 2.24) is 5.16 Å². The molecule has 4 rings (SSSR count). The Labute approximate surface area is 184 Å². The third kappa shape index (κ3) is 3.75. The van der Waals surface area contributed by atoms with Gasteiger partial charge in [0.25, 0.3) is 5.78 Å². The molecule has 0 radical (unpaired) electrons. The van der Waals surface area contributed by atoms with Crippen LogP contribution in [0.25, 0.3) is 5.76 Å². The molecule has 3 aromatic rings. The highest BCUT2D eigenvalue weighted by Gasteiger charge is 2.48. The Kier molecular flexibility index (Phi) is 5.19. The van der Waals surface area contributed by atoms with Crippen LogP contribution in [0.4, 0.5) is 5.82 Å². The number of hydrogen-bond donors (Lipinski definition) is 1. The zero-order valence-corrected chi connectivity index (χ0v) is 18.1. The maximum Gasteiger partial charge on any atom is 0.301 e. The normalized spacial score (nSPS) is 18.6. The van der Waals surface area contributed by atoms with Crippen LogP contribution in [0, 0.1) is 0 Å². The van der Waals surface area contributed by atoms with E-state index in [1.807, 2.05) is 20.8 Å². The molecule has 2 aromatic carbocycles. The van der Waals surface area contributed by atoms with Crippen molar-refractivity contribution in [2.75, 3.05) is 4.90 Å². The van der Waals surface area contributed by atoms with Crippen molar-refractivity contribution in [2.24, 2.45) is 0 Å². The number of halogens is 1. The van der Waals surface area contributed by atoms with Crippen molar-refractivity contribution in [3.8, 4) is 0 Å². The first-order valence-corrected chi connectivity index (χ1v) is 10.2. The Bertz CT molecular complexity index is 1170. The van der Waals surface area contributed by atoms with E-state index in [1.54, 1.807) is 60.7 Å². The van der Waals surface area contributed by atoms with E-state index in [9.17, 15) is 14.7 Å². The summed E-state index contributed by atoms with van der Waals surface area (Å²) in [6, 6.07) is 16.2. The van der Waals surface area contributed by atoms with Gasteiger partial charge >= 0.3 is 5.91 Å². The zero-order chi connectivity index (χ0) is 22.3. The summed E-state index contributed by atoms with van der Waals surface area (Å²) in [6.45, 7) is 5.87. The summed E-state index contributed by atoms with van der Waals surface area (Å²) >= 11 is 6.04. The number of carbonyl (C=O) groups excluding carboxylic acids is 2. The lowest BCUT2D eigenvalue weighted by Crippen LogP contribution is -2.29. The molecule has 0 spiro atoms. The predicted molar refractivity (Wildman–Crippen MR) is 118 cm³/mol. The van der Waals surface area contributed by atoms with Crippen LogP contribution in [0.1, 0.15) is 43.7 Å². The van der Waals surface area contributed by atoms with Gasteiger partial charge in [0.2, 0.25) is 0 Å². The number of Topliss-reactive ketones (excluding diaryl/α,β-unsaturated/α-hetero) is 1. The molecule has 1 fully saturated rings. The fraction of sp³-hybridized carbons (Fsp3) is 0.208.